The van der Waals surface area contributed by atoms with E-state index < -0.39 is 6.04 Å². The van der Waals surface area contributed by atoms with E-state index in [1.165, 1.54) is 0 Å². The van der Waals surface area contributed by atoms with Gasteiger partial charge in [0.05, 0.1) is 25.8 Å². The number of methoxy groups -OCH3 is 1. The van der Waals surface area contributed by atoms with Crippen molar-refractivity contribution in [2.75, 3.05) is 13.7 Å². The van der Waals surface area contributed by atoms with Crippen LogP contribution in [0.25, 0.3) is 11.1 Å². The van der Waals surface area contributed by atoms with Crippen LogP contribution < -0.4 is 4.74 Å². The quantitative estimate of drug-likeness (QED) is 0.869. The largest absolute Gasteiger partial charge is 0.497 e. The number of likely N-dealkylation sites (tertiary alicyclic amines) is 1. The molecule has 2 aromatic rings. The topological polar surface area (TPSA) is 73.6 Å². The van der Waals surface area contributed by atoms with Crippen LogP contribution in [0.1, 0.15) is 30.7 Å². The van der Waals surface area contributed by atoms with Crippen molar-refractivity contribution in [2.24, 2.45) is 5.92 Å². The lowest BCUT2D eigenvalue weighted by Crippen LogP contribution is -2.66. The number of carbonyl (C=O) groups is 1. The summed E-state index contributed by atoms with van der Waals surface area (Å²) in [5.41, 5.74) is 3.14. The number of rotatable bonds is 5. The van der Waals surface area contributed by atoms with Gasteiger partial charge in [-0.05, 0) is 41.7 Å². The highest BCUT2D eigenvalue weighted by Gasteiger charge is 2.53. The van der Waals surface area contributed by atoms with Gasteiger partial charge in [-0.25, -0.2) is 0 Å². The number of aliphatic hydroxyl groups excluding tert-OH is 1. The van der Waals surface area contributed by atoms with Gasteiger partial charge in [-0.2, -0.15) is 5.26 Å². The molecule has 5 nitrogen and oxygen atoms in total. The van der Waals surface area contributed by atoms with Crippen molar-refractivity contribution in [3.63, 3.8) is 0 Å². The first-order chi connectivity index (χ1) is 13.7. The Morgan fingerprint density at radius 3 is 2.21 bits per heavy atom. The number of nitriles is 1. The van der Waals surface area contributed by atoms with Crippen molar-refractivity contribution in [3.8, 4) is 22.9 Å². The maximum atomic E-state index is 12.7. The highest BCUT2D eigenvalue weighted by molar-refractivity contribution is 5.82. The predicted molar refractivity (Wildman–Crippen MR) is 106 cm³/mol. The third-order valence-corrected chi connectivity index (χ3v) is 6.16. The van der Waals surface area contributed by atoms with Crippen LogP contribution in [0.15, 0.2) is 48.5 Å². The zero-order chi connectivity index (χ0) is 19.7. The van der Waals surface area contributed by atoms with Crippen molar-refractivity contribution in [2.45, 2.75) is 37.3 Å². The summed E-state index contributed by atoms with van der Waals surface area (Å²) < 4.78 is 5.20. The summed E-state index contributed by atoms with van der Waals surface area (Å²) >= 11 is 0. The lowest BCUT2D eigenvalue weighted by Gasteiger charge is -2.53. The zero-order valence-electron chi connectivity index (χ0n) is 15.9. The summed E-state index contributed by atoms with van der Waals surface area (Å²) in [5.74, 6) is 0.726. The van der Waals surface area contributed by atoms with Gasteiger partial charge in [0, 0.05) is 11.8 Å². The van der Waals surface area contributed by atoms with Gasteiger partial charge in [-0.1, -0.05) is 42.8 Å². The molecule has 2 aromatic carbocycles. The molecule has 4 rings (SSSR count). The molecule has 0 bridgehead atoms. The van der Waals surface area contributed by atoms with Crippen molar-refractivity contribution >= 4 is 5.91 Å². The molecule has 28 heavy (non-hydrogen) atoms. The van der Waals surface area contributed by atoms with Gasteiger partial charge in [0.25, 0.3) is 0 Å². The van der Waals surface area contributed by atoms with E-state index in [-0.39, 0.29) is 30.4 Å². The van der Waals surface area contributed by atoms with E-state index in [4.69, 9.17) is 4.74 Å². The summed E-state index contributed by atoms with van der Waals surface area (Å²) in [6.45, 7) is -0.123. The van der Waals surface area contributed by atoms with E-state index in [9.17, 15) is 15.2 Å². The van der Waals surface area contributed by atoms with Crippen LogP contribution in [0, 0.1) is 17.2 Å². The molecule has 1 saturated carbocycles. The second-order valence-electron chi connectivity index (χ2n) is 7.57. The second-order valence-corrected chi connectivity index (χ2v) is 7.57. The van der Waals surface area contributed by atoms with Crippen LogP contribution in [-0.2, 0) is 4.79 Å². The first kappa shape index (κ1) is 18.5. The van der Waals surface area contributed by atoms with Gasteiger partial charge in [0.1, 0.15) is 11.8 Å². The van der Waals surface area contributed by atoms with Crippen molar-refractivity contribution in [3.05, 3.63) is 54.1 Å². The molecule has 2 fully saturated rings. The molecule has 1 aliphatic carbocycles. The molecule has 1 amide bonds. The second kappa shape index (κ2) is 7.65. The van der Waals surface area contributed by atoms with E-state index in [0.29, 0.717) is 0 Å². The maximum absolute atomic E-state index is 12.7. The van der Waals surface area contributed by atoms with E-state index in [0.717, 1.165) is 41.7 Å². The fraction of sp³-hybridized carbons (Fsp3) is 0.391. The standard InChI is InChI=1S/C23H24N2O3/c1-28-19-11-9-16(10-12-19)15-5-7-17(8-6-15)22-20(13-24)25(21(22)14-26)23(27)18-3-2-4-18/h5-12,18,20-22,26H,2-4,14H2,1H3/t20-,21+,22+/m0/s1. The van der Waals surface area contributed by atoms with E-state index >= 15 is 0 Å². The minimum absolute atomic E-state index is 0.0305. The number of amides is 1. The Morgan fingerprint density at radius 1 is 1.14 bits per heavy atom. The minimum atomic E-state index is -0.503. The molecule has 1 N–H and O–H groups in total. The number of hydrogen-bond donors (Lipinski definition) is 1. The summed E-state index contributed by atoms with van der Waals surface area (Å²) in [6.07, 6.45) is 2.86. The lowest BCUT2D eigenvalue weighted by molar-refractivity contribution is -0.154. The molecule has 1 heterocycles. The minimum Gasteiger partial charge on any atom is -0.497 e. The number of benzene rings is 2. The zero-order valence-corrected chi connectivity index (χ0v) is 15.9. The Morgan fingerprint density at radius 2 is 1.75 bits per heavy atom. The van der Waals surface area contributed by atoms with E-state index in [1.54, 1.807) is 12.0 Å². The third kappa shape index (κ3) is 3.04. The maximum Gasteiger partial charge on any atom is 0.227 e. The number of hydrogen-bond acceptors (Lipinski definition) is 4. The van der Waals surface area contributed by atoms with Crippen LogP contribution in [0.3, 0.4) is 0 Å². The first-order valence-electron chi connectivity index (χ1n) is 9.75. The summed E-state index contributed by atoms with van der Waals surface area (Å²) in [6, 6.07) is 17.4. The summed E-state index contributed by atoms with van der Waals surface area (Å²) in [7, 11) is 1.64. The Bertz CT molecular complexity index is 882. The number of nitrogens with zero attached hydrogens (tertiary/aromatic N) is 2. The van der Waals surface area contributed by atoms with Crippen LogP contribution in [0.5, 0.6) is 5.75 Å². The monoisotopic (exact) mass is 376 g/mol. The number of ether oxygens (including phenoxy) is 1. The van der Waals surface area contributed by atoms with Crippen molar-refractivity contribution in [1.29, 1.82) is 5.26 Å². The van der Waals surface area contributed by atoms with Gasteiger partial charge in [0.2, 0.25) is 5.91 Å². The molecule has 1 saturated heterocycles. The SMILES string of the molecule is COc1ccc(-c2ccc([C@H]3[C@@H](CO)N(C(=O)C4CCC4)[C@H]3C#N)cc2)cc1. The molecule has 144 valence electrons. The van der Waals surface area contributed by atoms with Gasteiger partial charge < -0.3 is 14.7 Å². The molecule has 1 aliphatic heterocycles. The van der Waals surface area contributed by atoms with Crippen molar-refractivity contribution in [1.82, 2.24) is 4.90 Å². The molecular formula is C23H24N2O3. The van der Waals surface area contributed by atoms with Crippen LogP contribution in [-0.4, -0.2) is 41.7 Å². The highest BCUT2D eigenvalue weighted by Crippen LogP contribution is 2.43. The van der Waals surface area contributed by atoms with Gasteiger partial charge in [-0.3, -0.25) is 4.79 Å². The van der Waals surface area contributed by atoms with Crippen LogP contribution in [0.2, 0.25) is 0 Å². The predicted octanol–water partition coefficient (Wildman–Crippen LogP) is 3.34. The average molecular weight is 376 g/mol. The average Bonchev–Trinajstić information content (AvgIpc) is 2.67. The van der Waals surface area contributed by atoms with Gasteiger partial charge in [-0.15, -0.1) is 0 Å². The van der Waals surface area contributed by atoms with Crippen LogP contribution >= 0.6 is 0 Å². The molecule has 0 spiro atoms. The Hall–Kier alpha value is -2.84. The molecule has 2 aliphatic rings. The lowest BCUT2D eigenvalue weighted by atomic mass is 9.73. The molecule has 0 unspecified atom stereocenters. The molecule has 0 aromatic heterocycles. The molecule has 0 radical (unpaired) electrons. The van der Waals surface area contributed by atoms with Gasteiger partial charge >= 0.3 is 0 Å². The Balaban J connectivity index is 1.54. The van der Waals surface area contributed by atoms with Crippen molar-refractivity contribution < 1.29 is 14.6 Å². The smallest absolute Gasteiger partial charge is 0.227 e. The number of aliphatic hydroxyl groups is 1. The highest BCUT2D eigenvalue weighted by atomic mass is 16.5. The van der Waals surface area contributed by atoms with E-state index in [1.807, 2.05) is 48.5 Å². The van der Waals surface area contributed by atoms with E-state index in [2.05, 4.69) is 6.07 Å². The Kier molecular flexibility index (Phi) is 5.06. The van der Waals surface area contributed by atoms with Gasteiger partial charge in [0.15, 0.2) is 0 Å². The fourth-order valence-electron chi connectivity index (χ4n) is 4.26. The summed E-state index contributed by atoms with van der Waals surface area (Å²) in [5, 5.41) is 19.6. The molecule has 5 heteroatoms. The third-order valence-electron chi connectivity index (χ3n) is 6.16. The normalized spacial score (nSPS) is 24.0. The molecular weight excluding hydrogens is 352 g/mol. The summed E-state index contributed by atoms with van der Waals surface area (Å²) in [4.78, 5) is 14.3. The molecule has 3 atom stereocenters. The Labute approximate surface area is 165 Å². The first-order valence-corrected chi connectivity index (χ1v) is 9.75. The number of carbonyl (C=O) groups excluding carboxylic acids is 1. The fourth-order valence-corrected chi connectivity index (χ4v) is 4.26. The van der Waals surface area contributed by atoms with Crippen LogP contribution in [0.4, 0.5) is 0 Å².